The Balaban J connectivity index is 2.06. The summed E-state index contributed by atoms with van der Waals surface area (Å²) in [5.74, 6) is 2.51. The van der Waals surface area contributed by atoms with E-state index < -0.39 is 0 Å². The number of methoxy groups -OCH3 is 2. The van der Waals surface area contributed by atoms with Crippen molar-refractivity contribution < 1.29 is 14.2 Å². The van der Waals surface area contributed by atoms with Gasteiger partial charge >= 0.3 is 0 Å². The molecule has 0 aliphatic carbocycles. The molecule has 0 radical (unpaired) electrons. The summed E-state index contributed by atoms with van der Waals surface area (Å²) in [6.07, 6.45) is 1.96. The smallest absolute Gasteiger partial charge is 0.161 e. The van der Waals surface area contributed by atoms with Crippen molar-refractivity contribution in [2.24, 2.45) is 0 Å². The van der Waals surface area contributed by atoms with Gasteiger partial charge in [-0.2, -0.15) is 0 Å². The third-order valence-corrected chi connectivity index (χ3v) is 4.82. The fourth-order valence-electron chi connectivity index (χ4n) is 3.59. The van der Waals surface area contributed by atoms with E-state index >= 15 is 0 Å². The minimum atomic E-state index is 0.161. The molecular formula is C21H27NO3. The molecule has 3 rings (SSSR count). The molecule has 4 nitrogen and oxygen atoms in total. The van der Waals surface area contributed by atoms with Crippen LogP contribution in [0.3, 0.4) is 0 Å². The van der Waals surface area contributed by atoms with E-state index in [4.69, 9.17) is 14.2 Å². The summed E-state index contributed by atoms with van der Waals surface area (Å²) in [4.78, 5) is 0. The summed E-state index contributed by atoms with van der Waals surface area (Å²) < 4.78 is 16.7. The molecule has 134 valence electrons. The van der Waals surface area contributed by atoms with Gasteiger partial charge in [-0.1, -0.05) is 13.0 Å². The molecule has 2 aromatic rings. The highest BCUT2D eigenvalue weighted by molar-refractivity contribution is 5.53. The molecule has 25 heavy (non-hydrogen) atoms. The second-order valence-corrected chi connectivity index (χ2v) is 6.19. The fraction of sp³-hybridized carbons (Fsp3) is 0.429. The van der Waals surface area contributed by atoms with Crippen molar-refractivity contribution in [1.82, 2.24) is 5.32 Å². The Kier molecular flexibility index (Phi) is 5.49. The van der Waals surface area contributed by atoms with E-state index in [1.807, 2.05) is 6.92 Å². The fourth-order valence-corrected chi connectivity index (χ4v) is 3.59. The lowest BCUT2D eigenvalue weighted by atomic mass is 9.86. The summed E-state index contributed by atoms with van der Waals surface area (Å²) in [6, 6.07) is 10.8. The minimum absolute atomic E-state index is 0.161. The average molecular weight is 341 g/mol. The van der Waals surface area contributed by atoms with Gasteiger partial charge in [0.15, 0.2) is 11.5 Å². The normalized spacial score (nSPS) is 16.2. The van der Waals surface area contributed by atoms with Gasteiger partial charge in [0.1, 0.15) is 5.75 Å². The largest absolute Gasteiger partial charge is 0.494 e. The van der Waals surface area contributed by atoms with E-state index in [1.165, 1.54) is 22.3 Å². The zero-order valence-corrected chi connectivity index (χ0v) is 15.5. The maximum Gasteiger partial charge on any atom is 0.161 e. The number of aryl methyl sites for hydroxylation is 1. The van der Waals surface area contributed by atoms with Crippen LogP contribution in [0.2, 0.25) is 0 Å². The molecule has 4 heteroatoms. The van der Waals surface area contributed by atoms with Gasteiger partial charge in [0, 0.05) is 6.54 Å². The summed E-state index contributed by atoms with van der Waals surface area (Å²) in [6.45, 7) is 5.83. The zero-order valence-electron chi connectivity index (χ0n) is 15.5. The van der Waals surface area contributed by atoms with Gasteiger partial charge < -0.3 is 19.5 Å². The lowest BCUT2D eigenvalue weighted by Crippen LogP contribution is -2.31. The quantitative estimate of drug-likeness (QED) is 0.865. The Morgan fingerprint density at radius 3 is 2.44 bits per heavy atom. The van der Waals surface area contributed by atoms with E-state index in [-0.39, 0.29) is 6.04 Å². The van der Waals surface area contributed by atoms with Gasteiger partial charge in [-0.25, -0.2) is 0 Å². The number of nitrogens with one attached hydrogen (secondary N) is 1. The van der Waals surface area contributed by atoms with Crippen molar-refractivity contribution in [2.45, 2.75) is 32.7 Å². The van der Waals surface area contributed by atoms with Gasteiger partial charge in [-0.15, -0.1) is 0 Å². The van der Waals surface area contributed by atoms with Crippen molar-refractivity contribution in [3.05, 3.63) is 52.6 Å². The van der Waals surface area contributed by atoms with Crippen LogP contribution in [0.5, 0.6) is 17.2 Å². The molecule has 0 saturated carbocycles. The first-order valence-electron chi connectivity index (χ1n) is 8.95. The second-order valence-electron chi connectivity index (χ2n) is 6.19. The molecule has 1 heterocycles. The number of hydrogen-bond acceptors (Lipinski definition) is 4. The first-order valence-corrected chi connectivity index (χ1v) is 8.95. The van der Waals surface area contributed by atoms with Crippen molar-refractivity contribution in [1.29, 1.82) is 0 Å². The molecule has 0 bridgehead atoms. The molecule has 0 saturated heterocycles. The Morgan fingerprint density at radius 2 is 1.76 bits per heavy atom. The summed E-state index contributed by atoms with van der Waals surface area (Å²) in [7, 11) is 3.37. The van der Waals surface area contributed by atoms with Crippen LogP contribution in [0.4, 0.5) is 0 Å². The second kappa shape index (κ2) is 7.79. The highest BCUT2D eigenvalue weighted by Gasteiger charge is 2.25. The van der Waals surface area contributed by atoms with Crippen LogP contribution in [0, 0.1) is 0 Å². The molecule has 1 N–H and O–H groups in total. The lowest BCUT2D eigenvalue weighted by Gasteiger charge is -2.30. The number of ether oxygens (including phenoxy) is 3. The summed E-state index contributed by atoms with van der Waals surface area (Å²) >= 11 is 0. The van der Waals surface area contributed by atoms with Gasteiger partial charge in [-0.05, 0) is 66.3 Å². The first-order chi connectivity index (χ1) is 12.2. The van der Waals surface area contributed by atoms with Crippen molar-refractivity contribution in [3.63, 3.8) is 0 Å². The SMILES string of the molecule is CCOc1ccc(C2NCCc3cc(OC)c(OC)cc32)c(CC)c1. The third kappa shape index (κ3) is 3.45. The van der Waals surface area contributed by atoms with Crippen LogP contribution in [-0.4, -0.2) is 27.4 Å². The van der Waals surface area contributed by atoms with Gasteiger partial charge in [0.05, 0.1) is 26.9 Å². The number of rotatable bonds is 6. The zero-order chi connectivity index (χ0) is 17.8. The summed E-state index contributed by atoms with van der Waals surface area (Å²) in [5.41, 5.74) is 5.20. The van der Waals surface area contributed by atoms with Crippen LogP contribution >= 0.6 is 0 Å². The van der Waals surface area contributed by atoms with E-state index in [2.05, 4.69) is 42.6 Å². The molecule has 0 fully saturated rings. The van der Waals surface area contributed by atoms with Crippen LogP contribution in [0.25, 0.3) is 0 Å². The molecule has 0 amide bonds. The van der Waals surface area contributed by atoms with Crippen molar-refractivity contribution >= 4 is 0 Å². The number of benzene rings is 2. The molecule has 0 aromatic heterocycles. The van der Waals surface area contributed by atoms with E-state index in [1.54, 1.807) is 14.2 Å². The van der Waals surface area contributed by atoms with Crippen molar-refractivity contribution in [3.8, 4) is 17.2 Å². The van der Waals surface area contributed by atoms with E-state index in [0.29, 0.717) is 6.61 Å². The van der Waals surface area contributed by atoms with E-state index in [9.17, 15) is 0 Å². The Labute approximate surface area is 150 Å². The van der Waals surface area contributed by atoms with Gasteiger partial charge in [0.25, 0.3) is 0 Å². The van der Waals surface area contributed by atoms with E-state index in [0.717, 1.165) is 36.6 Å². The van der Waals surface area contributed by atoms with Gasteiger partial charge in [0.2, 0.25) is 0 Å². The Hall–Kier alpha value is -2.20. The molecule has 1 atom stereocenters. The molecule has 2 aromatic carbocycles. The van der Waals surface area contributed by atoms with Crippen molar-refractivity contribution in [2.75, 3.05) is 27.4 Å². The maximum absolute atomic E-state index is 5.67. The summed E-state index contributed by atoms with van der Waals surface area (Å²) in [5, 5.41) is 3.67. The maximum atomic E-state index is 5.67. The predicted molar refractivity (Wildman–Crippen MR) is 100 cm³/mol. The van der Waals surface area contributed by atoms with Crippen LogP contribution in [0.1, 0.15) is 42.1 Å². The van der Waals surface area contributed by atoms with Crippen LogP contribution < -0.4 is 19.5 Å². The Morgan fingerprint density at radius 1 is 1.00 bits per heavy atom. The third-order valence-electron chi connectivity index (χ3n) is 4.82. The highest BCUT2D eigenvalue weighted by atomic mass is 16.5. The lowest BCUT2D eigenvalue weighted by molar-refractivity contribution is 0.339. The van der Waals surface area contributed by atoms with Crippen LogP contribution in [0.15, 0.2) is 30.3 Å². The predicted octanol–water partition coefficient (Wildman–Crippen LogP) is 3.90. The highest BCUT2D eigenvalue weighted by Crippen LogP contribution is 2.38. The molecular weight excluding hydrogens is 314 g/mol. The average Bonchev–Trinajstić information content (AvgIpc) is 2.66. The number of hydrogen-bond donors (Lipinski definition) is 1. The first kappa shape index (κ1) is 17.6. The number of fused-ring (bicyclic) bond motifs is 1. The minimum Gasteiger partial charge on any atom is -0.494 e. The Bertz CT molecular complexity index is 742. The van der Waals surface area contributed by atoms with Crippen LogP contribution in [-0.2, 0) is 12.8 Å². The standard InChI is InChI=1S/C21H27NO3/c1-5-14-11-16(25-6-2)7-8-17(14)21-18-13-20(24-4)19(23-3)12-15(18)9-10-22-21/h7-8,11-13,21-22H,5-6,9-10H2,1-4H3. The molecule has 0 spiro atoms. The molecule has 1 aliphatic heterocycles. The monoisotopic (exact) mass is 341 g/mol. The molecule has 1 unspecified atom stereocenters. The molecule has 1 aliphatic rings. The van der Waals surface area contributed by atoms with Gasteiger partial charge in [-0.3, -0.25) is 0 Å². The topological polar surface area (TPSA) is 39.7 Å².